The molecule has 0 amide bonds. The highest BCUT2D eigenvalue weighted by Crippen LogP contribution is 2.42. The SMILES string of the molecule is [B]c1c(S)c(S)c(S)c2c1NCC2C[C@H]1CCCN1. The molecule has 2 nitrogen and oxygen atoms in total. The Morgan fingerprint density at radius 1 is 1.16 bits per heavy atom. The summed E-state index contributed by atoms with van der Waals surface area (Å²) in [5.74, 6) is 0.459. The van der Waals surface area contributed by atoms with Gasteiger partial charge in [-0.15, -0.1) is 37.9 Å². The first-order valence-corrected chi connectivity index (χ1v) is 7.97. The fourth-order valence-corrected chi connectivity index (χ4v) is 4.13. The summed E-state index contributed by atoms with van der Waals surface area (Å²) in [4.78, 5) is 2.43. The van der Waals surface area contributed by atoms with Crippen LogP contribution in [-0.4, -0.2) is 27.0 Å². The molecule has 3 rings (SSSR count). The van der Waals surface area contributed by atoms with Crippen LogP contribution in [0.25, 0.3) is 0 Å². The van der Waals surface area contributed by atoms with Crippen LogP contribution in [-0.2, 0) is 0 Å². The van der Waals surface area contributed by atoms with Crippen molar-refractivity contribution in [2.24, 2.45) is 0 Å². The van der Waals surface area contributed by atoms with E-state index in [-0.39, 0.29) is 0 Å². The Kier molecular flexibility index (Phi) is 4.04. The molecule has 0 aliphatic carbocycles. The first kappa shape index (κ1) is 14.0. The van der Waals surface area contributed by atoms with Crippen molar-refractivity contribution in [2.75, 3.05) is 18.4 Å². The number of hydrogen-bond acceptors (Lipinski definition) is 5. The lowest BCUT2D eigenvalue weighted by Crippen LogP contribution is -2.24. The van der Waals surface area contributed by atoms with Crippen LogP contribution in [0.4, 0.5) is 5.69 Å². The third-order valence-corrected chi connectivity index (χ3v) is 5.89. The van der Waals surface area contributed by atoms with Gasteiger partial charge < -0.3 is 10.6 Å². The van der Waals surface area contributed by atoms with Gasteiger partial charge in [0.25, 0.3) is 0 Å². The van der Waals surface area contributed by atoms with Gasteiger partial charge in [0.15, 0.2) is 0 Å². The van der Waals surface area contributed by atoms with Gasteiger partial charge in [0.2, 0.25) is 0 Å². The number of anilines is 1. The maximum absolute atomic E-state index is 6.14. The van der Waals surface area contributed by atoms with Crippen LogP contribution in [0.1, 0.15) is 30.7 Å². The molecule has 1 aromatic carbocycles. The van der Waals surface area contributed by atoms with Crippen molar-refractivity contribution in [3.05, 3.63) is 5.56 Å². The summed E-state index contributed by atoms with van der Waals surface area (Å²) in [6, 6.07) is 0.616. The number of benzene rings is 1. The number of nitrogens with one attached hydrogen (secondary N) is 2. The van der Waals surface area contributed by atoms with Crippen LogP contribution in [0, 0.1) is 0 Å². The summed E-state index contributed by atoms with van der Waals surface area (Å²) < 4.78 is 0. The van der Waals surface area contributed by atoms with Crippen molar-refractivity contribution >= 4 is 56.9 Å². The Balaban J connectivity index is 1.95. The second-order valence-electron chi connectivity index (χ2n) is 5.35. The molecule has 1 saturated heterocycles. The maximum atomic E-state index is 6.14. The van der Waals surface area contributed by atoms with Gasteiger partial charge >= 0.3 is 0 Å². The molecular formula is C13H17BN2S3. The van der Waals surface area contributed by atoms with Crippen LogP contribution in [0.3, 0.4) is 0 Å². The molecule has 1 aromatic rings. The number of rotatable bonds is 2. The zero-order valence-corrected chi connectivity index (χ0v) is 13.3. The van der Waals surface area contributed by atoms with Crippen molar-refractivity contribution in [3.8, 4) is 0 Å². The smallest absolute Gasteiger partial charge is 0.118 e. The van der Waals surface area contributed by atoms with Crippen LogP contribution >= 0.6 is 37.9 Å². The monoisotopic (exact) mass is 308 g/mol. The van der Waals surface area contributed by atoms with Gasteiger partial charge in [0, 0.05) is 38.9 Å². The summed E-state index contributed by atoms with van der Waals surface area (Å²) >= 11 is 13.5. The minimum Gasteiger partial charge on any atom is -0.385 e. The van der Waals surface area contributed by atoms with Gasteiger partial charge in [0.1, 0.15) is 7.85 Å². The number of hydrogen-bond donors (Lipinski definition) is 5. The quantitative estimate of drug-likeness (QED) is 0.426. The van der Waals surface area contributed by atoms with E-state index in [9.17, 15) is 0 Å². The molecule has 2 N–H and O–H groups in total. The molecule has 2 aliphatic heterocycles. The van der Waals surface area contributed by atoms with Gasteiger partial charge in [-0.3, -0.25) is 0 Å². The fourth-order valence-electron chi connectivity index (χ4n) is 3.17. The molecule has 0 saturated carbocycles. The van der Waals surface area contributed by atoms with Gasteiger partial charge in [-0.25, -0.2) is 0 Å². The van der Waals surface area contributed by atoms with E-state index in [1.54, 1.807) is 0 Å². The lowest BCUT2D eigenvalue weighted by molar-refractivity contribution is 0.506. The Hall–Kier alpha value is 0.0949. The van der Waals surface area contributed by atoms with Crippen molar-refractivity contribution < 1.29 is 0 Å². The molecule has 100 valence electrons. The topological polar surface area (TPSA) is 24.1 Å². The number of thiol groups is 3. The second kappa shape index (κ2) is 5.47. The molecule has 1 unspecified atom stereocenters. The Morgan fingerprint density at radius 3 is 2.63 bits per heavy atom. The normalized spacial score (nSPS) is 25.4. The standard InChI is InChI=1S/C13H17BN2S3/c14-9-10-8(11(17)13(19)12(9)18)6(5-16-10)4-7-2-1-3-15-7/h6-7,15-19H,1-5H2/t6?,7-/m1/s1. The molecule has 2 radical (unpaired) electrons. The van der Waals surface area contributed by atoms with E-state index < -0.39 is 0 Å². The first-order chi connectivity index (χ1) is 9.09. The average molecular weight is 308 g/mol. The molecule has 19 heavy (non-hydrogen) atoms. The van der Waals surface area contributed by atoms with Crippen LogP contribution in [0.5, 0.6) is 0 Å². The zero-order valence-electron chi connectivity index (χ0n) is 10.6. The van der Waals surface area contributed by atoms with Crippen LogP contribution < -0.4 is 16.1 Å². The molecule has 2 heterocycles. The Morgan fingerprint density at radius 2 is 1.95 bits per heavy atom. The summed E-state index contributed by atoms with van der Waals surface area (Å²) in [7, 11) is 6.14. The molecule has 0 bridgehead atoms. The third kappa shape index (κ3) is 2.41. The van der Waals surface area contributed by atoms with E-state index in [0.717, 1.165) is 39.9 Å². The van der Waals surface area contributed by atoms with E-state index in [0.29, 0.717) is 17.4 Å². The number of fused-ring (bicyclic) bond motifs is 1. The van der Waals surface area contributed by atoms with E-state index >= 15 is 0 Å². The highest BCUT2D eigenvalue weighted by atomic mass is 32.1. The summed E-state index contributed by atoms with van der Waals surface area (Å²) in [5.41, 5.74) is 2.93. The molecule has 6 heteroatoms. The van der Waals surface area contributed by atoms with Crippen LogP contribution in [0.15, 0.2) is 14.7 Å². The molecule has 2 aliphatic rings. The maximum Gasteiger partial charge on any atom is 0.118 e. The summed E-state index contributed by atoms with van der Waals surface area (Å²) in [6.45, 7) is 2.07. The predicted molar refractivity (Wildman–Crippen MR) is 90.5 cm³/mol. The minimum absolute atomic E-state index is 0.459. The highest BCUT2D eigenvalue weighted by Gasteiger charge is 2.30. The van der Waals surface area contributed by atoms with Gasteiger partial charge in [0.05, 0.1) is 0 Å². The van der Waals surface area contributed by atoms with Crippen molar-refractivity contribution in [1.82, 2.24) is 5.32 Å². The third-order valence-electron chi connectivity index (χ3n) is 4.16. The van der Waals surface area contributed by atoms with Crippen molar-refractivity contribution in [1.29, 1.82) is 0 Å². The summed E-state index contributed by atoms with van der Waals surface area (Å²) in [5, 5.41) is 6.97. The fraction of sp³-hybridized carbons (Fsp3) is 0.538. The van der Waals surface area contributed by atoms with Gasteiger partial charge in [-0.1, -0.05) is 5.46 Å². The second-order valence-corrected chi connectivity index (χ2v) is 6.70. The highest BCUT2D eigenvalue weighted by molar-refractivity contribution is 7.85. The van der Waals surface area contributed by atoms with Crippen molar-refractivity contribution in [2.45, 2.75) is 45.9 Å². The van der Waals surface area contributed by atoms with Crippen molar-refractivity contribution in [3.63, 3.8) is 0 Å². The molecule has 0 spiro atoms. The van der Waals surface area contributed by atoms with Gasteiger partial charge in [-0.2, -0.15) is 0 Å². The molecule has 1 fully saturated rings. The molecular weight excluding hydrogens is 291 g/mol. The van der Waals surface area contributed by atoms with E-state index in [1.807, 2.05) is 0 Å². The predicted octanol–water partition coefficient (Wildman–Crippen LogP) is 2.00. The minimum atomic E-state index is 0.459. The van der Waals surface area contributed by atoms with Crippen LogP contribution in [0.2, 0.25) is 0 Å². The zero-order chi connectivity index (χ0) is 13.6. The van der Waals surface area contributed by atoms with E-state index in [2.05, 4.69) is 48.5 Å². The average Bonchev–Trinajstić information content (AvgIpc) is 3.04. The lowest BCUT2D eigenvalue weighted by Gasteiger charge is -2.19. The Bertz CT molecular complexity index is 515. The van der Waals surface area contributed by atoms with E-state index in [4.69, 9.17) is 7.85 Å². The molecule has 2 atom stereocenters. The Labute approximate surface area is 132 Å². The largest absolute Gasteiger partial charge is 0.385 e. The first-order valence-electron chi connectivity index (χ1n) is 6.63. The summed E-state index contributed by atoms with van der Waals surface area (Å²) in [6.07, 6.45) is 3.68. The molecule has 0 aromatic heterocycles. The lowest BCUT2D eigenvalue weighted by atomic mass is 9.87. The van der Waals surface area contributed by atoms with Gasteiger partial charge in [-0.05, 0) is 31.4 Å². The van der Waals surface area contributed by atoms with E-state index in [1.165, 1.54) is 18.4 Å².